The average molecular weight is 391 g/mol. The third kappa shape index (κ3) is 18.1. The lowest BCUT2D eigenvalue weighted by molar-refractivity contribution is -0.149. The molecule has 2 nitrogen and oxygen atoms in total. The molecule has 1 unspecified atom stereocenters. The van der Waals surface area contributed by atoms with E-state index in [4.69, 9.17) is 4.74 Å². The molecule has 0 fully saturated rings. The van der Waals surface area contributed by atoms with Crippen molar-refractivity contribution < 1.29 is 9.53 Å². The van der Waals surface area contributed by atoms with Crippen LogP contribution < -0.4 is 0 Å². The molecule has 0 aromatic heterocycles. The number of allylic oxidation sites excluding steroid dienone is 6. The van der Waals surface area contributed by atoms with E-state index >= 15 is 0 Å². The largest absolute Gasteiger partial charge is 0.465 e. The second-order valence-corrected chi connectivity index (χ2v) is 7.62. The van der Waals surface area contributed by atoms with Gasteiger partial charge in [0.15, 0.2) is 0 Å². The van der Waals surface area contributed by atoms with Crippen LogP contribution in [0, 0.1) is 5.92 Å². The lowest BCUT2D eigenvalue weighted by Crippen LogP contribution is -2.17. The molecule has 0 heterocycles. The summed E-state index contributed by atoms with van der Waals surface area (Å²) in [4.78, 5) is 12.1. The van der Waals surface area contributed by atoms with Crippen molar-refractivity contribution in [2.75, 3.05) is 6.61 Å². The van der Waals surface area contributed by atoms with E-state index in [1.54, 1.807) is 0 Å². The zero-order valence-corrected chi connectivity index (χ0v) is 19.0. The fraction of sp³-hybridized carbons (Fsp3) is 0.731. The molecule has 0 amide bonds. The molecule has 28 heavy (non-hydrogen) atoms. The van der Waals surface area contributed by atoms with E-state index in [1.165, 1.54) is 44.9 Å². The number of esters is 1. The van der Waals surface area contributed by atoms with Gasteiger partial charge in [-0.2, -0.15) is 0 Å². The van der Waals surface area contributed by atoms with Crippen molar-refractivity contribution in [2.45, 2.75) is 111 Å². The monoisotopic (exact) mass is 390 g/mol. The van der Waals surface area contributed by atoms with Crippen molar-refractivity contribution in [3.8, 4) is 0 Å². The summed E-state index contributed by atoms with van der Waals surface area (Å²) in [6.07, 6.45) is 29.2. The maximum Gasteiger partial charge on any atom is 0.308 e. The van der Waals surface area contributed by atoms with Crippen LogP contribution in [0.2, 0.25) is 0 Å². The topological polar surface area (TPSA) is 26.3 Å². The Bertz CT molecular complexity index is 420. The highest BCUT2D eigenvalue weighted by Crippen LogP contribution is 2.17. The molecular formula is C26H46O2. The first-order chi connectivity index (χ1) is 13.8. The van der Waals surface area contributed by atoms with E-state index < -0.39 is 0 Å². The lowest BCUT2D eigenvalue weighted by Gasteiger charge is -2.14. The molecule has 0 saturated carbocycles. The van der Waals surface area contributed by atoms with Crippen LogP contribution in [0.4, 0.5) is 0 Å². The molecule has 0 aromatic carbocycles. The average Bonchev–Trinajstić information content (AvgIpc) is 2.70. The van der Waals surface area contributed by atoms with Gasteiger partial charge in [0, 0.05) is 0 Å². The molecule has 0 radical (unpaired) electrons. The zero-order valence-electron chi connectivity index (χ0n) is 19.0. The number of carbonyl (C=O) groups excluding carboxylic acids is 1. The van der Waals surface area contributed by atoms with Crippen molar-refractivity contribution in [2.24, 2.45) is 5.92 Å². The van der Waals surface area contributed by atoms with Crippen LogP contribution in [0.5, 0.6) is 0 Å². The smallest absolute Gasteiger partial charge is 0.308 e. The summed E-state index contributed by atoms with van der Waals surface area (Å²) in [6, 6.07) is 0. The summed E-state index contributed by atoms with van der Waals surface area (Å²) in [5.41, 5.74) is 0. The number of hydrogen-bond acceptors (Lipinski definition) is 2. The fourth-order valence-electron chi connectivity index (χ4n) is 3.14. The minimum atomic E-state index is 0.0279. The second kappa shape index (κ2) is 22.0. The first-order valence-electron chi connectivity index (χ1n) is 11.9. The summed E-state index contributed by atoms with van der Waals surface area (Å²) < 4.78 is 5.45. The Balaban J connectivity index is 3.59. The Hall–Kier alpha value is -1.31. The Morgan fingerprint density at radius 1 is 0.750 bits per heavy atom. The first kappa shape index (κ1) is 26.7. The van der Waals surface area contributed by atoms with E-state index in [1.807, 2.05) is 0 Å². The van der Waals surface area contributed by atoms with Gasteiger partial charge in [-0.1, -0.05) is 95.8 Å². The van der Waals surface area contributed by atoms with Gasteiger partial charge < -0.3 is 4.74 Å². The van der Waals surface area contributed by atoms with Gasteiger partial charge in [0.05, 0.1) is 12.5 Å². The van der Waals surface area contributed by atoms with Crippen LogP contribution in [0.1, 0.15) is 111 Å². The molecule has 0 saturated heterocycles. The lowest BCUT2D eigenvalue weighted by atomic mass is 9.98. The SMILES string of the molecule is CC/C=C\C/C=C\C/C=C\CCCCCCC(CC)C(=O)OCCCCCC. The first-order valence-corrected chi connectivity index (χ1v) is 11.9. The number of hydrogen-bond donors (Lipinski definition) is 0. The highest BCUT2D eigenvalue weighted by atomic mass is 16.5. The van der Waals surface area contributed by atoms with E-state index in [0.717, 1.165) is 44.9 Å². The van der Waals surface area contributed by atoms with Gasteiger partial charge in [0.25, 0.3) is 0 Å². The molecular weight excluding hydrogens is 344 g/mol. The van der Waals surface area contributed by atoms with Crippen molar-refractivity contribution in [3.05, 3.63) is 36.5 Å². The molecule has 0 aromatic rings. The normalized spacial score (nSPS) is 13.1. The van der Waals surface area contributed by atoms with Crippen molar-refractivity contribution in [3.63, 3.8) is 0 Å². The van der Waals surface area contributed by atoms with Crippen LogP contribution in [0.15, 0.2) is 36.5 Å². The summed E-state index contributed by atoms with van der Waals surface area (Å²) in [7, 11) is 0. The quantitative estimate of drug-likeness (QED) is 0.126. The van der Waals surface area contributed by atoms with Crippen molar-refractivity contribution in [1.29, 1.82) is 0 Å². The maximum atomic E-state index is 12.1. The summed E-state index contributed by atoms with van der Waals surface area (Å²) in [6.45, 7) is 7.06. The Labute approximate surface area is 175 Å². The van der Waals surface area contributed by atoms with E-state index in [-0.39, 0.29) is 11.9 Å². The fourth-order valence-corrected chi connectivity index (χ4v) is 3.14. The Morgan fingerprint density at radius 2 is 1.39 bits per heavy atom. The summed E-state index contributed by atoms with van der Waals surface area (Å²) in [5, 5.41) is 0. The van der Waals surface area contributed by atoms with Gasteiger partial charge in [0.1, 0.15) is 0 Å². The van der Waals surface area contributed by atoms with Crippen molar-refractivity contribution >= 4 is 5.97 Å². The molecule has 0 aliphatic carbocycles. The minimum absolute atomic E-state index is 0.0279. The predicted octanol–water partition coefficient (Wildman–Crippen LogP) is 8.34. The van der Waals surface area contributed by atoms with Crippen LogP contribution >= 0.6 is 0 Å². The summed E-state index contributed by atoms with van der Waals surface area (Å²) in [5.74, 6) is 0.130. The second-order valence-electron chi connectivity index (χ2n) is 7.62. The highest BCUT2D eigenvalue weighted by Gasteiger charge is 2.17. The highest BCUT2D eigenvalue weighted by molar-refractivity contribution is 5.72. The maximum absolute atomic E-state index is 12.1. The Kier molecular flexibility index (Phi) is 21.0. The van der Waals surface area contributed by atoms with Crippen LogP contribution in [-0.2, 0) is 9.53 Å². The standard InChI is InChI=1S/C26H46O2/c1-4-7-9-11-12-13-14-15-16-17-18-19-20-21-23-25(6-3)26(27)28-24-22-10-8-5-2/h7,9,12-13,15-16,25H,4-6,8,10-11,14,17-24H2,1-3H3/b9-7-,13-12-,16-15-. The minimum Gasteiger partial charge on any atom is -0.465 e. The molecule has 0 spiro atoms. The predicted molar refractivity (Wildman–Crippen MR) is 124 cm³/mol. The number of rotatable bonds is 19. The number of carbonyl (C=O) groups is 1. The van der Waals surface area contributed by atoms with Gasteiger partial charge in [-0.3, -0.25) is 4.79 Å². The van der Waals surface area contributed by atoms with Crippen LogP contribution in [0.25, 0.3) is 0 Å². The molecule has 2 heteroatoms. The van der Waals surface area contributed by atoms with Gasteiger partial charge in [-0.15, -0.1) is 0 Å². The van der Waals surface area contributed by atoms with Gasteiger partial charge in [0.2, 0.25) is 0 Å². The third-order valence-corrected chi connectivity index (χ3v) is 5.02. The van der Waals surface area contributed by atoms with Gasteiger partial charge in [-0.25, -0.2) is 0 Å². The van der Waals surface area contributed by atoms with E-state index in [2.05, 4.69) is 57.2 Å². The molecule has 0 N–H and O–H groups in total. The van der Waals surface area contributed by atoms with E-state index in [0.29, 0.717) is 6.61 Å². The Morgan fingerprint density at radius 3 is 2.07 bits per heavy atom. The van der Waals surface area contributed by atoms with Crippen LogP contribution in [0.3, 0.4) is 0 Å². The molecule has 0 aliphatic rings. The van der Waals surface area contributed by atoms with Crippen LogP contribution in [-0.4, -0.2) is 12.6 Å². The van der Waals surface area contributed by atoms with Gasteiger partial charge in [-0.05, 0) is 51.4 Å². The van der Waals surface area contributed by atoms with E-state index in [9.17, 15) is 4.79 Å². The number of unbranched alkanes of at least 4 members (excludes halogenated alkanes) is 7. The van der Waals surface area contributed by atoms with Gasteiger partial charge >= 0.3 is 5.97 Å². The third-order valence-electron chi connectivity index (χ3n) is 5.02. The summed E-state index contributed by atoms with van der Waals surface area (Å²) >= 11 is 0. The zero-order chi connectivity index (χ0) is 20.7. The van der Waals surface area contributed by atoms with Crippen molar-refractivity contribution in [1.82, 2.24) is 0 Å². The molecule has 0 bridgehead atoms. The molecule has 0 aliphatic heterocycles. The molecule has 0 rings (SSSR count). The number of ether oxygens (including phenoxy) is 1. The molecule has 162 valence electrons. The molecule has 1 atom stereocenters.